The van der Waals surface area contributed by atoms with Crippen LogP contribution in [0, 0.1) is 12.8 Å². The van der Waals surface area contributed by atoms with Gasteiger partial charge in [-0.1, -0.05) is 25.5 Å². The summed E-state index contributed by atoms with van der Waals surface area (Å²) in [4.78, 5) is 34.6. The molecule has 114 valence electrons. The molecule has 6 heteroatoms. The quantitative estimate of drug-likeness (QED) is 0.771. The summed E-state index contributed by atoms with van der Waals surface area (Å²) in [6.45, 7) is 6.70. The summed E-state index contributed by atoms with van der Waals surface area (Å²) in [5, 5.41) is 14.3. The van der Waals surface area contributed by atoms with Crippen LogP contribution < -0.4 is 10.6 Å². The molecular formula is C15H20N2O4. The zero-order valence-electron chi connectivity index (χ0n) is 12.6. The third-order valence-corrected chi connectivity index (χ3v) is 2.97. The average Bonchev–Trinajstić information content (AvgIpc) is 2.37. The summed E-state index contributed by atoms with van der Waals surface area (Å²) in [6.07, 6.45) is 0. The zero-order valence-corrected chi connectivity index (χ0v) is 12.6. The number of amides is 2. The van der Waals surface area contributed by atoms with E-state index < -0.39 is 17.9 Å². The maximum atomic E-state index is 12.2. The lowest BCUT2D eigenvalue weighted by atomic mass is 10.0. The van der Waals surface area contributed by atoms with E-state index >= 15 is 0 Å². The maximum absolute atomic E-state index is 12.2. The van der Waals surface area contributed by atoms with Gasteiger partial charge in [0.2, 0.25) is 11.8 Å². The van der Waals surface area contributed by atoms with E-state index in [9.17, 15) is 19.5 Å². The van der Waals surface area contributed by atoms with Gasteiger partial charge in [-0.25, -0.2) is 4.79 Å². The van der Waals surface area contributed by atoms with Crippen LogP contribution >= 0.6 is 0 Å². The molecule has 0 radical (unpaired) electrons. The molecule has 1 unspecified atom stereocenters. The maximum Gasteiger partial charge on any atom is 0.337 e. The minimum Gasteiger partial charge on any atom is -0.478 e. The number of rotatable bonds is 5. The Bertz CT molecular complexity index is 567. The monoisotopic (exact) mass is 292 g/mol. The second-order valence-corrected chi connectivity index (χ2v) is 5.27. The molecule has 0 spiro atoms. The van der Waals surface area contributed by atoms with Gasteiger partial charge in [0, 0.05) is 6.92 Å². The van der Waals surface area contributed by atoms with E-state index in [0.717, 1.165) is 5.56 Å². The molecule has 1 aromatic carbocycles. The fourth-order valence-electron chi connectivity index (χ4n) is 1.91. The first-order valence-corrected chi connectivity index (χ1v) is 6.64. The molecule has 0 aromatic heterocycles. The minimum atomic E-state index is -1.12. The van der Waals surface area contributed by atoms with Gasteiger partial charge in [-0.3, -0.25) is 9.59 Å². The van der Waals surface area contributed by atoms with Crippen molar-refractivity contribution in [3.63, 3.8) is 0 Å². The molecule has 0 aliphatic carbocycles. The molecule has 1 aromatic rings. The molecular weight excluding hydrogens is 272 g/mol. The number of anilines is 1. The molecule has 6 nitrogen and oxygen atoms in total. The van der Waals surface area contributed by atoms with Gasteiger partial charge in [0.1, 0.15) is 6.04 Å². The summed E-state index contributed by atoms with van der Waals surface area (Å²) in [5.41, 5.74) is 1.02. The molecule has 2 amide bonds. The summed E-state index contributed by atoms with van der Waals surface area (Å²) in [6, 6.07) is 4.03. The fraction of sp³-hybridized carbons (Fsp3) is 0.400. The number of aryl methyl sites for hydroxylation is 1. The first kappa shape index (κ1) is 16.7. The number of hydrogen-bond donors (Lipinski definition) is 3. The van der Waals surface area contributed by atoms with Crippen molar-refractivity contribution in [2.75, 3.05) is 5.32 Å². The molecule has 0 fully saturated rings. The van der Waals surface area contributed by atoms with Crippen molar-refractivity contribution < 1.29 is 19.5 Å². The van der Waals surface area contributed by atoms with Gasteiger partial charge in [0.15, 0.2) is 0 Å². The molecule has 0 saturated heterocycles. The topological polar surface area (TPSA) is 95.5 Å². The van der Waals surface area contributed by atoms with Gasteiger partial charge in [-0.2, -0.15) is 0 Å². The Morgan fingerprint density at radius 1 is 1.19 bits per heavy atom. The third kappa shape index (κ3) is 4.59. The van der Waals surface area contributed by atoms with Crippen molar-refractivity contribution >= 4 is 23.5 Å². The molecule has 0 saturated carbocycles. The number of nitrogens with one attached hydrogen (secondary N) is 2. The summed E-state index contributed by atoms with van der Waals surface area (Å²) in [5.74, 6) is -1.99. The van der Waals surface area contributed by atoms with E-state index in [1.165, 1.54) is 13.0 Å². The van der Waals surface area contributed by atoms with Crippen LogP contribution in [0.15, 0.2) is 18.2 Å². The van der Waals surface area contributed by atoms with Gasteiger partial charge in [-0.05, 0) is 25.0 Å². The van der Waals surface area contributed by atoms with Crippen molar-refractivity contribution in [3.05, 3.63) is 29.3 Å². The standard InChI is InChI=1S/C15H20N2O4/c1-8(2)13(16-10(4)18)14(19)17-12-6-5-9(3)7-11(12)15(20)21/h5-8,13H,1-4H3,(H,16,18)(H,17,19)(H,20,21). The molecule has 0 heterocycles. The Labute approximate surface area is 123 Å². The molecule has 0 aliphatic heterocycles. The molecule has 21 heavy (non-hydrogen) atoms. The number of aromatic carboxylic acids is 1. The Morgan fingerprint density at radius 3 is 2.29 bits per heavy atom. The second-order valence-electron chi connectivity index (χ2n) is 5.27. The highest BCUT2D eigenvalue weighted by molar-refractivity contribution is 6.03. The SMILES string of the molecule is CC(=O)NC(C(=O)Nc1ccc(C)cc1C(=O)O)C(C)C. The van der Waals surface area contributed by atoms with Crippen LogP contribution in [0.5, 0.6) is 0 Å². The van der Waals surface area contributed by atoms with Gasteiger partial charge in [0.05, 0.1) is 11.3 Å². The second kappa shape index (κ2) is 6.88. The predicted molar refractivity (Wildman–Crippen MR) is 79.2 cm³/mol. The van der Waals surface area contributed by atoms with Crippen molar-refractivity contribution in [2.45, 2.75) is 33.7 Å². The van der Waals surface area contributed by atoms with Crippen LogP contribution in [0.3, 0.4) is 0 Å². The lowest BCUT2D eigenvalue weighted by Crippen LogP contribution is -2.46. The average molecular weight is 292 g/mol. The fourth-order valence-corrected chi connectivity index (χ4v) is 1.91. The Hall–Kier alpha value is -2.37. The van der Waals surface area contributed by atoms with E-state index in [-0.39, 0.29) is 23.1 Å². The normalized spacial score (nSPS) is 11.9. The van der Waals surface area contributed by atoms with Crippen molar-refractivity contribution in [1.29, 1.82) is 0 Å². The van der Waals surface area contributed by atoms with Crippen LogP contribution in [0.4, 0.5) is 5.69 Å². The molecule has 1 atom stereocenters. The third-order valence-electron chi connectivity index (χ3n) is 2.97. The largest absolute Gasteiger partial charge is 0.478 e. The van der Waals surface area contributed by atoms with Gasteiger partial charge < -0.3 is 15.7 Å². The number of carbonyl (C=O) groups is 3. The van der Waals surface area contributed by atoms with E-state index in [1.54, 1.807) is 32.9 Å². The first-order valence-electron chi connectivity index (χ1n) is 6.64. The van der Waals surface area contributed by atoms with E-state index in [1.807, 2.05) is 0 Å². The van der Waals surface area contributed by atoms with Crippen LogP contribution in [0.25, 0.3) is 0 Å². The number of benzene rings is 1. The predicted octanol–water partition coefficient (Wildman–Crippen LogP) is 1.79. The molecule has 0 bridgehead atoms. The molecule has 0 aliphatic rings. The van der Waals surface area contributed by atoms with E-state index in [4.69, 9.17) is 0 Å². The van der Waals surface area contributed by atoms with Gasteiger partial charge in [0.25, 0.3) is 0 Å². The highest BCUT2D eigenvalue weighted by atomic mass is 16.4. The summed E-state index contributed by atoms with van der Waals surface area (Å²) < 4.78 is 0. The zero-order chi connectivity index (χ0) is 16.2. The van der Waals surface area contributed by atoms with Gasteiger partial charge >= 0.3 is 5.97 Å². The Kier molecular flexibility index (Phi) is 5.46. The molecule has 1 rings (SSSR count). The first-order chi connectivity index (χ1) is 9.72. The van der Waals surface area contributed by atoms with Crippen molar-refractivity contribution in [1.82, 2.24) is 5.32 Å². The van der Waals surface area contributed by atoms with Crippen molar-refractivity contribution in [3.8, 4) is 0 Å². The Morgan fingerprint density at radius 2 is 1.81 bits per heavy atom. The number of carbonyl (C=O) groups excluding carboxylic acids is 2. The summed E-state index contributed by atoms with van der Waals surface area (Å²) >= 11 is 0. The van der Waals surface area contributed by atoms with Crippen molar-refractivity contribution in [2.24, 2.45) is 5.92 Å². The van der Waals surface area contributed by atoms with E-state index in [0.29, 0.717) is 0 Å². The molecule has 3 N–H and O–H groups in total. The van der Waals surface area contributed by atoms with Crippen LogP contribution in [0.2, 0.25) is 0 Å². The minimum absolute atomic E-state index is 0.0219. The highest BCUT2D eigenvalue weighted by Crippen LogP contribution is 2.18. The van der Waals surface area contributed by atoms with Crippen LogP contribution in [0.1, 0.15) is 36.7 Å². The Balaban J connectivity index is 3.01. The summed E-state index contributed by atoms with van der Waals surface area (Å²) in [7, 11) is 0. The van der Waals surface area contributed by atoms with Gasteiger partial charge in [-0.15, -0.1) is 0 Å². The lowest BCUT2D eigenvalue weighted by Gasteiger charge is -2.21. The van der Waals surface area contributed by atoms with Crippen LogP contribution in [-0.4, -0.2) is 28.9 Å². The highest BCUT2D eigenvalue weighted by Gasteiger charge is 2.24. The van der Waals surface area contributed by atoms with E-state index in [2.05, 4.69) is 10.6 Å². The van der Waals surface area contributed by atoms with Crippen LogP contribution in [-0.2, 0) is 9.59 Å². The number of carboxylic acid groups (broad SMARTS) is 1. The number of carboxylic acids is 1. The smallest absolute Gasteiger partial charge is 0.337 e. The number of hydrogen-bond acceptors (Lipinski definition) is 3. The lowest BCUT2D eigenvalue weighted by molar-refractivity contribution is -0.126.